The highest BCUT2D eigenvalue weighted by Crippen LogP contribution is 2.42. The van der Waals surface area contributed by atoms with Gasteiger partial charge in [-0.05, 0) is 57.8 Å². The molecular weight excluding hydrogens is 292 g/mol. The quantitative estimate of drug-likeness (QED) is 0.833. The Bertz CT molecular complexity index is 428. The third kappa shape index (κ3) is 3.82. The summed E-state index contributed by atoms with van der Waals surface area (Å²) in [4.78, 5) is 14.1. The molecule has 3 rings (SSSR count). The highest BCUT2D eigenvalue weighted by atomic mass is 16.6. The van der Waals surface area contributed by atoms with E-state index in [-0.39, 0.29) is 18.7 Å². The molecule has 0 radical (unpaired) electrons. The van der Waals surface area contributed by atoms with Crippen LogP contribution in [0.2, 0.25) is 0 Å². The molecule has 132 valence electrons. The molecule has 0 aromatic heterocycles. The Morgan fingerprint density at radius 3 is 2.61 bits per heavy atom. The van der Waals surface area contributed by atoms with E-state index < -0.39 is 5.60 Å². The van der Waals surface area contributed by atoms with Gasteiger partial charge in [-0.2, -0.15) is 0 Å². The first-order valence-corrected chi connectivity index (χ1v) is 9.22. The van der Waals surface area contributed by atoms with Gasteiger partial charge in [0.25, 0.3) is 0 Å². The Labute approximate surface area is 139 Å². The number of hydrogen-bond acceptors (Lipinski definition) is 4. The molecule has 1 heterocycles. The van der Waals surface area contributed by atoms with Gasteiger partial charge in [0.2, 0.25) is 0 Å². The van der Waals surface area contributed by atoms with Crippen LogP contribution in [-0.4, -0.2) is 53.5 Å². The lowest BCUT2D eigenvalue weighted by molar-refractivity contribution is 0.0287. The van der Waals surface area contributed by atoms with Gasteiger partial charge in [0.1, 0.15) is 5.60 Å². The van der Waals surface area contributed by atoms with Gasteiger partial charge in [-0.25, -0.2) is 4.79 Å². The number of hydrogen-bond donors (Lipinski definition) is 2. The van der Waals surface area contributed by atoms with Gasteiger partial charge in [-0.1, -0.05) is 12.8 Å². The van der Waals surface area contributed by atoms with E-state index in [1.165, 1.54) is 25.7 Å². The fraction of sp³-hybridized carbons (Fsp3) is 0.944. The zero-order chi connectivity index (χ0) is 16.6. The molecule has 5 nitrogen and oxygen atoms in total. The number of nitrogens with one attached hydrogen (secondary N) is 1. The maximum absolute atomic E-state index is 12.2. The predicted molar refractivity (Wildman–Crippen MR) is 89.2 cm³/mol. The first kappa shape index (κ1) is 17.0. The van der Waals surface area contributed by atoms with E-state index in [4.69, 9.17) is 4.74 Å². The lowest BCUT2D eigenvalue weighted by Gasteiger charge is -2.42. The molecule has 0 spiro atoms. The molecule has 1 saturated heterocycles. The smallest absolute Gasteiger partial charge is 0.410 e. The fourth-order valence-corrected chi connectivity index (χ4v) is 4.55. The number of aliphatic hydroxyl groups is 1. The van der Waals surface area contributed by atoms with Crippen LogP contribution < -0.4 is 5.32 Å². The Morgan fingerprint density at radius 1 is 1.30 bits per heavy atom. The highest BCUT2D eigenvalue weighted by molar-refractivity contribution is 5.68. The molecule has 0 bridgehead atoms. The van der Waals surface area contributed by atoms with Crippen LogP contribution >= 0.6 is 0 Å². The fourth-order valence-electron chi connectivity index (χ4n) is 4.55. The van der Waals surface area contributed by atoms with Crippen molar-refractivity contribution in [3.05, 3.63) is 0 Å². The van der Waals surface area contributed by atoms with Gasteiger partial charge in [0, 0.05) is 25.2 Å². The second-order valence-corrected chi connectivity index (χ2v) is 8.65. The molecule has 2 unspecified atom stereocenters. The van der Waals surface area contributed by atoms with Gasteiger partial charge >= 0.3 is 6.09 Å². The topological polar surface area (TPSA) is 61.8 Å². The third-order valence-corrected chi connectivity index (χ3v) is 5.81. The summed E-state index contributed by atoms with van der Waals surface area (Å²) in [7, 11) is 0. The molecule has 0 aromatic rings. The van der Waals surface area contributed by atoms with Crippen LogP contribution in [-0.2, 0) is 4.74 Å². The monoisotopic (exact) mass is 324 g/mol. The summed E-state index contributed by atoms with van der Waals surface area (Å²) in [6.45, 7) is 7.58. The molecule has 1 amide bonds. The Balaban J connectivity index is 1.50. The predicted octanol–water partition coefficient (Wildman–Crippen LogP) is 2.38. The second-order valence-electron chi connectivity index (χ2n) is 8.65. The molecule has 23 heavy (non-hydrogen) atoms. The average Bonchev–Trinajstić information content (AvgIpc) is 3.06. The minimum absolute atomic E-state index is 0.180. The number of nitrogens with zero attached hydrogens (tertiary/aromatic N) is 1. The summed E-state index contributed by atoms with van der Waals surface area (Å²) in [5.74, 6) is 1.75. The summed E-state index contributed by atoms with van der Waals surface area (Å²) in [6, 6.07) is 0.684. The molecule has 2 aliphatic carbocycles. The van der Waals surface area contributed by atoms with Crippen molar-refractivity contribution in [1.29, 1.82) is 0 Å². The van der Waals surface area contributed by atoms with Crippen molar-refractivity contribution < 1.29 is 14.6 Å². The van der Waals surface area contributed by atoms with Crippen LogP contribution in [0.5, 0.6) is 0 Å². The van der Waals surface area contributed by atoms with Crippen molar-refractivity contribution in [2.24, 2.45) is 17.8 Å². The van der Waals surface area contributed by atoms with Gasteiger partial charge in [-0.3, -0.25) is 0 Å². The van der Waals surface area contributed by atoms with Crippen molar-refractivity contribution >= 4 is 6.09 Å². The van der Waals surface area contributed by atoms with Crippen LogP contribution in [0.15, 0.2) is 0 Å². The standard InChI is InChI=1S/C18H32N2O3/c1-18(2,3)23-17(22)20-9-13-8-15(14(13)10-20)19-16(11-21)12-6-4-5-7-12/h12-16,19,21H,4-11H2,1-3H3/t13-,14+,15?,16?/m0/s1. The van der Waals surface area contributed by atoms with E-state index in [9.17, 15) is 9.90 Å². The number of fused-ring (bicyclic) bond motifs is 1. The third-order valence-electron chi connectivity index (χ3n) is 5.81. The molecule has 3 fully saturated rings. The van der Waals surface area contributed by atoms with Gasteiger partial charge in [-0.15, -0.1) is 0 Å². The average molecular weight is 324 g/mol. The number of ether oxygens (including phenoxy) is 1. The molecule has 2 N–H and O–H groups in total. The summed E-state index contributed by atoms with van der Waals surface area (Å²) >= 11 is 0. The molecule has 2 saturated carbocycles. The number of likely N-dealkylation sites (tertiary alicyclic amines) is 1. The van der Waals surface area contributed by atoms with Crippen LogP contribution in [0.1, 0.15) is 52.9 Å². The molecule has 5 heteroatoms. The lowest BCUT2D eigenvalue weighted by Crippen LogP contribution is -2.55. The molecule has 3 aliphatic rings. The van der Waals surface area contributed by atoms with Crippen LogP contribution in [0.25, 0.3) is 0 Å². The number of carbonyl (C=O) groups is 1. The van der Waals surface area contributed by atoms with Gasteiger partial charge in [0.15, 0.2) is 0 Å². The van der Waals surface area contributed by atoms with Crippen LogP contribution in [0, 0.1) is 17.8 Å². The maximum Gasteiger partial charge on any atom is 0.410 e. The van der Waals surface area contributed by atoms with Crippen LogP contribution in [0.4, 0.5) is 4.79 Å². The Morgan fingerprint density at radius 2 is 2.00 bits per heavy atom. The summed E-state index contributed by atoms with van der Waals surface area (Å²) < 4.78 is 5.49. The largest absolute Gasteiger partial charge is 0.444 e. The zero-order valence-electron chi connectivity index (χ0n) is 14.8. The molecule has 4 atom stereocenters. The van der Waals surface area contributed by atoms with E-state index in [2.05, 4.69) is 5.32 Å². The number of rotatable bonds is 4. The highest BCUT2D eigenvalue weighted by Gasteiger charge is 2.49. The normalized spacial score (nSPS) is 32.5. The lowest BCUT2D eigenvalue weighted by atomic mass is 9.71. The van der Waals surface area contributed by atoms with Crippen LogP contribution in [0.3, 0.4) is 0 Å². The first-order chi connectivity index (χ1) is 10.9. The molecule has 1 aliphatic heterocycles. The van der Waals surface area contributed by atoms with Crippen molar-refractivity contribution in [2.45, 2.75) is 70.6 Å². The molecular formula is C18H32N2O3. The summed E-state index contributed by atoms with van der Waals surface area (Å²) in [6.07, 6.45) is 6.01. The summed E-state index contributed by atoms with van der Waals surface area (Å²) in [5, 5.41) is 13.4. The van der Waals surface area contributed by atoms with E-state index in [1.54, 1.807) is 0 Å². The SMILES string of the molecule is CC(C)(C)OC(=O)N1C[C@@H]2CC(NC(CO)C3CCCC3)[C@@H]2C1. The van der Waals surface area contributed by atoms with E-state index in [0.717, 1.165) is 19.5 Å². The van der Waals surface area contributed by atoms with Crippen molar-refractivity contribution in [3.63, 3.8) is 0 Å². The number of amides is 1. The maximum atomic E-state index is 12.2. The van der Waals surface area contributed by atoms with Gasteiger partial charge in [0.05, 0.1) is 6.61 Å². The molecule has 0 aromatic carbocycles. The Hall–Kier alpha value is -0.810. The minimum atomic E-state index is -0.430. The van der Waals surface area contributed by atoms with E-state index >= 15 is 0 Å². The van der Waals surface area contributed by atoms with Crippen molar-refractivity contribution in [2.75, 3.05) is 19.7 Å². The van der Waals surface area contributed by atoms with E-state index in [0.29, 0.717) is 23.8 Å². The first-order valence-electron chi connectivity index (χ1n) is 9.22. The van der Waals surface area contributed by atoms with Crippen molar-refractivity contribution in [1.82, 2.24) is 10.2 Å². The zero-order valence-corrected chi connectivity index (χ0v) is 14.8. The Kier molecular flexibility index (Phi) is 4.88. The van der Waals surface area contributed by atoms with Gasteiger partial charge < -0.3 is 20.1 Å². The number of carbonyl (C=O) groups excluding carboxylic acids is 1. The van der Waals surface area contributed by atoms with E-state index in [1.807, 2.05) is 25.7 Å². The summed E-state index contributed by atoms with van der Waals surface area (Å²) in [5.41, 5.74) is -0.430. The minimum Gasteiger partial charge on any atom is -0.444 e. The number of aliphatic hydroxyl groups excluding tert-OH is 1. The second kappa shape index (κ2) is 6.60. The van der Waals surface area contributed by atoms with Crippen molar-refractivity contribution in [3.8, 4) is 0 Å².